The molecule has 152 valence electrons. The standard InChI is InChI=1S/C24H28FN3O/c1-24(2,3)18-12-9-17(10-13-18)11-14-21(29)27-22(23-26-15-16-28(23)4)19-7-5-6-8-20(19)25/h5-10,12-13,15-16,22H,11,14H2,1-4H3,(H,27,29)/t22-/m0/s1. The number of carbonyl (C=O) groups excluding carboxylic acids is 1. The lowest BCUT2D eigenvalue weighted by Crippen LogP contribution is -2.31. The van der Waals surface area contributed by atoms with Crippen LogP contribution in [0.5, 0.6) is 0 Å². The molecule has 1 aromatic heterocycles. The van der Waals surface area contributed by atoms with E-state index in [9.17, 15) is 9.18 Å². The van der Waals surface area contributed by atoms with Gasteiger partial charge in [0, 0.05) is 31.4 Å². The fourth-order valence-electron chi connectivity index (χ4n) is 3.31. The van der Waals surface area contributed by atoms with Gasteiger partial charge in [0.2, 0.25) is 5.91 Å². The van der Waals surface area contributed by atoms with Crippen molar-refractivity contribution < 1.29 is 9.18 Å². The van der Waals surface area contributed by atoms with E-state index in [-0.39, 0.29) is 17.1 Å². The average Bonchev–Trinajstić information content (AvgIpc) is 3.10. The van der Waals surface area contributed by atoms with Crippen LogP contribution in [-0.4, -0.2) is 15.5 Å². The molecule has 0 saturated carbocycles. The molecule has 0 saturated heterocycles. The smallest absolute Gasteiger partial charge is 0.221 e. The quantitative estimate of drug-likeness (QED) is 0.660. The summed E-state index contributed by atoms with van der Waals surface area (Å²) in [6.45, 7) is 6.53. The van der Waals surface area contributed by atoms with Crippen LogP contribution in [0.15, 0.2) is 60.9 Å². The molecule has 0 aliphatic heterocycles. The van der Waals surface area contributed by atoms with Crippen LogP contribution in [0.2, 0.25) is 0 Å². The van der Waals surface area contributed by atoms with Gasteiger partial charge in [-0.2, -0.15) is 0 Å². The molecule has 1 N–H and O–H groups in total. The molecule has 3 aromatic rings. The zero-order valence-electron chi connectivity index (χ0n) is 17.4. The minimum absolute atomic E-state index is 0.102. The molecule has 1 atom stereocenters. The highest BCUT2D eigenvalue weighted by Gasteiger charge is 2.23. The van der Waals surface area contributed by atoms with E-state index in [0.717, 1.165) is 5.56 Å². The fourth-order valence-corrected chi connectivity index (χ4v) is 3.31. The summed E-state index contributed by atoms with van der Waals surface area (Å²) in [5, 5.41) is 2.96. The van der Waals surface area contributed by atoms with Gasteiger partial charge in [0.05, 0.1) is 0 Å². The number of rotatable bonds is 6. The van der Waals surface area contributed by atoms with Gasteiger partial charge in [-0.05, 0) is 29.0 Å². The first kappa shape index (κ1) is 20.8. The van der Waals surface area contributed by atoms with Crippen molar-refractivity contribution in [3.8, 4) is 0 Å². The number of hydrogen-bond acceptors (Lipinski definition) is 2. The van der Waals surface area contributed by atoms with Crippen LogP contribution in [0, 0.1) is 5.82 Å². The maximum Gasteiger partial charge on any atom is 0.221 e. The first-order chi connectivity index (χ1) is 13.8. The Labute approximate surface area is 171 Å². The first-order valence-electron chi connectivity index (χ1n) is 9.86. The van der Waals surface area contributed by atoms with Crippen LogP contribution in [0.3, 0.4) is 0 Å². The van der Waals surface area contributed by atoms with E-state index in [2.05, 4.69) is 55.3 Å². The summed E-state index contributed by atoms with van der Waals surface area (Å²) in [4.78, 5) is 17.0. The minimum Gasteiger partial charge on any atom is -0.342 e. The number of imidazole rings is 1. The summed E-state index contributed by atoms with van der Waals surface area (Å²) in [6.07, 6.45) is 4.38. The molecule has 0 bridgehead atoms. The van der Waals surface area contributed by atoms with Crippen molar-refractivity contribution in [3.63, 3.8) is 0 Å². The number of carbonyl (C=O) groups is 1. The second-order valence-electron chi connectivity index (χ2n) is 8.37. The van der Waals surface area contributed by atoms with Gasteiger partial charge < -0.3 is 9.88 Å². The second-order valence-corrected chi connectivity index (χ2v) is 8.37. The Morgan fingerprint density at radius 1 is 1.14 bits per heavy atom. The maximum absolute atomic E-state index is 14.4. The fraction of sp³-hybridized carbons (Fsp3) is 0.333. The largest absolute Gasteiger partial charge is 0.342 e. The molecule has 1 heterocycles. The Kier molecular flexibility index (Phi) is 6.16. The zero-order chi connectivity index (χ0) is 21.0. The normalized spacial score (nSPS) is 12.6. The molecule has 0 unspecified atom stereocenters. The molecule has 2 aromatic carbocycles. The third-order valence-corrected chi connectivity index (χ3v) is 5.10. The van der Waals surface area contributed by atoms with Gasteiger partial charge in [-0.15, -0.1) is 0 Å². The lowest BCUT2D eigenvalue weighted by molar-refractivity contribution is -0.121. The molecule has 4 nitrogen and oxygen atoms in total. The number of amides is 1. The maximum atomic E-state index is 14.4. The monoisotopic (exact) mass is 393 g/mol. The molecule has 0 spiro atoms. The SMILES string of the molecule is Cn1ccnc1[C@@H](NC(=O)CCc1ccc(C(C)(C)C)cc1)c1ccccc1F. The highest BCUT2D eigenvalue weighted by atomic mass is 19.1. The van der Waals surface area contributed by atoms with Crippen LogP contribution < -0.4 is 5.32 Å². The highest BCUT2D eigenvalue weighted by Crippen LogP contribution is 2.24. The summed E-state index contributed by atoms with van der Waals surface area (Å²) in [6, 6.07) is 14.2. The lowest BCUT2D eigenvalue weighted by Gasteiger charge is -2.20. The molecule has 29 heavy (non-hydrogen) atoms. The number of nitrogens with zero attached hydrogens (tertiary/aromatic N) is 2. The lowest BCUT2D eigenvalue weighted by atomic mass is 9.86. The molecule has 0 fully saturated rings. The Balaban J connectivity index is 1.71. The molecular formula is C24H28FN3O. The minimum atomic E-state index is -0.632. The van der Waals surface area contributed by atoms with E-state index in [1.807, 2.05) is 7.05 Å². The predicted molar refractivity (Wildman–Crippen MR) is 113 cm³/mol. The molecule has 0 aliphatic carbocycles. The third kappa shape index (κ3) is 5.11. The number of nitrogens with one attached hydrogen (secondary N) is 1. The number of aromatic nitrogens is 2. The first-order valence-corrected chi connectivity index (χ1v) is 9.86. The van der Waals surface area contributed by atoms with Crippen molar-refractivity contribution in [2.45, 2.75) is 45.1 Å². The summed E-state index contributed by atoms with van der Waals surface area (Å²) < 4.78 is 16.2. The number of aryl methyl sites for hydroxylation is 2. The second kappa shape index (κ2) is 8.60. The summed E-state index contributed by atoms with van der Waals surface area (Å²) in [5.74, 6) is 0.0951. The van der Waals surface area contributed by atoms with Crippen molar-refractivity contribution in [1.82, 2.24) is 14.9 Å². The van der Waals surface area contributed by atoms with E-state index in [1.54, 1.807) is 35.2 Å². The van der Waals surface area contributed by atoms with Crippen molar-refractivity contribution in [2.75, 3.05) is 0 Å². The van der Waals surface area contributed by atoms with Gasteiger partial charge in [0.25, 0.3) is 0 Å². The number of hydrogen-bond donors (Lipinski definition) is 1. The van der Waals surface area contributed by atoms with Crippen molar-refractivity contribution in [2.24, 2.45) is 7.05 Å². The van der Waals surface area contributed by atoms with Gasteiger partial charge in [0.1, 0.15) is 17.7 Å². The van der Waals surface area contributed by atoms with Crippen molar-refractivity contribution in [3.05, 3.63) is 89.3 Å². The van der Waals surface area contributed by atoms with E-state index in [0.29, 0.717) is 24.2 Å². The number of halogens is 1. The van der Waals surface area contributed by atoms with Crippen molar-refractivity contribution in [1.29, 1.82) is 0 Å². The van der Waals surface area contributed by atoms with Crippen LogP contribution in [0.25, 0.3) is 0 Å². The van der Waals surface area contributed by atoms with Gasteiger partial charge in [0.15, 0.2) is 0 Å². The summed E-state index contributed by atoms with van der Waals surface area (Å²) >= 11 is 0. The van der Waals surface area contributed by atoms with Crippen molar-refractivity contribution >= 4 is 5.91 Å². The predicted octanol–water partition coefficient (Wildman–Crippen LogP) is 4.70. The molecule has 3 rings (SSSR count). The third-order valence-electron chi connectivity index (χ3n) is 5.10. The summed E-state index contributed by atoms with van der Waals surface area (Å²) in [5.41, 5.74) is 2.88. The molecular weight excluding hydrogens is 365 g/mol. The van der Waals surface area contributed by atoms with E-state index in [1.165, 1.54) is 11.6 Å². The summed E-state index contributed by atoms with van der Waals surface area (Å²) in [7, 11) is 1.83. The molecule has 0 aliphatic rings. The Bertz CT molecular complexity index is 970. The Morgan fingerprint density at radius 3 is 2.41 bits per heavy atom. The van der Waals surface area contributed by atoms with Gasteiger partial charge in [-0.25, -0.2) is 9.37 Å². The number of benzene rings is 2. The Hall–Kier alpha value is -2.95. The average molecular weight is 394 g/mol. The van der Waals surface area contributed by atoms with Crippen LogP contribution in [0.1, 0.15) is 55.7 Å². The van der Waals surface area contributed by atoms with Crippen LogP contribution in [-0.2, 0) is 23.7 Å². The Morgan fingerprint density at radius 2 is 1.83 bits per heavy atom. The van der Waals surface area contributed by atoms with E-state index >= 15 is 0 Å². The highest BCUT2D eigenvalue weighted by molar-refractivity contribution is 5.77. The van der Waals surface area contributed by atoms with Crippen LogP contribution >= 0.6 is 0 Å². The van der Waals surface area contributed by atoms with Gasteiger partial charge in [-0.1, -0.05) is 63.2 Å². The zero-order valence-corrected chi connectivity index (χ0v) is 17.4. The topological polar surface area (TPSA) is 46.9 Å². The molecule has 1 amide bonds. The van der Waals surface area contributed by atoms with E-state index in [4.69, 9.17) is 0 Å². The van der Waals surface area contributed by atoms with E-state index < -0.39 is 6.04 Å². The van der Waals surface area contributed by atoms with Gasteiger partial charge in [-0.3, -0.25) is 4.79 Å². The molecule has 5 heteroatoms. The van der Waals surface area contributed by atoms with Crippen LogP contribution in [0.4, 0.5) is 4.39 Å². The molecule has 0 radical (unpaired) electrons. The van der Waals surface area contributed by atoms with Gasteiger partial charge >= 0.3 is 0 Å².